The summed E-state index contributed by atoms with van der Waals surface area (Å²) in [5, 5.41) is 7.82. The van der Waals surface area contributed by atoms with Crippen LogP contribution < -0.4 is 10.9 Å². The average molecular weight is 322 g/mol. The smallest absolute Gasteiger partial charge is 0.275 e. The zero-order valence-corrected chi connectivity index (χ0v) is 12.5. The fourth-order valence-electron chi connectivity index (χ4n) is 1.98. The Hall–Kier alpha value is -2.35. The summed E-state index contributed by atoms with van der Waals surface area (Å²) >= 11 is 1.35. The summed E-state index contributed by atoms with van der Waals surface area (Å²) in [5.74, 6) is -1.33. The highest BCUT2D eigenvalue weighted by atomic mass is 32.1. The number of fused-ring (bicyclic) bond motifs is 1. The molecule has 5 nitrogen and oxygen atoms in total. The van der Waals surface area contributed by atoms with E-state index in [-0.39, 0.29) is 17.8 Å². The van der Waals surface area contributed by atoms with Crippen molar-refractivity contribution < 1.29 is 8.78 Å². The largest absolute Gasteiger partial charge is 0.379 e. The van der Waals surface area contributed by atoms with Crippen LogP contribution in [0.5, 0.6) is 0 Å². The zero-order valence-electron chi connectivity index (χ0n) is 11.6. The Morgan fingerprint density at radius 2 is 1.95 bits per heavy atom. The number of anilines is 1. The van der Waals surface area contributed by atoms with Gasteiger partial charge in [-0.2, -0.15) is 9.61 Å². The van der Waals surface area contributed by atoms with E-state index in [9.17, 15) is 13.6 Å². The molecule has 0 spiro atoms. The van der Waals surface area contributed by atoms with Crippen LogP contribution in [0.1, 0.15) is 17.6 Å². The van der Waals surface area contributed by atoms with Gasteiger partial charge < -0.3 is 5.32 Å². The van der Waals surface area contributed by atoms with E-state index in [1.807, 2.05) is 6.92 Å². The van der Waals surface area contributed by atoms with E-state index in [4.69, 9.17) is 0 Å². The molecular weight excluding hydrogens is 310 g/mol. The highest BCUT2D eigenvalue weighted by Gasteiger charge is 2.08. The maximum atomic E-state index is 13.1. The quantitative estimate of drug-likeness (QED) is 0.802. The molecule has 0 amide bonds. The van der Waals surface area contributed by atoms with Gasteiger partial charge in [-0.15, -0.1) is 0 Å². The topological polar surface area (TPSA) is 59.3 Å². The zero-order chi connectivity index (χ0) is 15.7. The predicted molar refractivity (Wildman–Crippen MR) is 80.2 cm³/mol. The molecule has 1 aromatic carbocycles. The van der Waals surface area contributed by atoms with Crippen molar-refractivity contribution in [1.29, 1.82) is 0 Å². The first-order valence-electron chi connectivity index (χ1n) is 6.64. The van der Waals surface area contributed by atoms with Crippen molar-refractivity contribution in [3.8, 4) is 0 Å². The van der Waals surface area contributed by atoms with Crippen LogP contribution in [0, 0.1) is 11.6 Å². The van der Waals surface area contributed by atoms with E-state index in [1.165, 1.54) is 34.1 Å². The minimum atomic E-state index is -0.666. The summed E-state index contributed by atoms with van der Waals surface area (Å²) in [6, 6.07) is 4.51. The summed E-state index contributed by atoms with van der Waals surface area (Å²) in [4.78, 5) is 16.8. The van der Waals surface area contributed by atoms with Crippen molar-refractivity contribution >= 4 is 22.0 Å². The predicted octanol–water partition coefficient (Wildman–Crippen LogP) is 2.60. The van der Waals surface area contributed by atoms with Crippen LogP contribution in [-0.4, -0.2) is 14.6 Å². The van der Waals surface area contributed by atoms with Crippen molar-refractivity contribution in [1.82, 2.24) is 14.6 Å². The molecule has 0 aliphatic rings. The SMILES string of the molecule is CCc1nn2c(=O)cc(CNc3cc(F)cc(F)c3)nc2s1. The number of hydrogen-bond donors (Lipinski definition) is 1. The molecular formula is C14H12F2N4OS. The number of aromatic nitrogens is 3. The van der Waals surface area contributed by atoms with Gasteiger partial charge in [0.2, 0.25) is 4.96 Å². The number of nitrogens with zero attached hydrogens (tertiary/aromatic N) is 3. The number of halogens is 2. The number of hydrogen-bond acceptors (Lipinski definition) is 5. The van der Waals surface area contributed by atoms with Crippen LogP contribution in [-0.2, 0) is 13.0 Å². The first kappa shape index (κ1) is 14.6. The molecule has 0 saturated heterocycles. The number of nitrogens with one attached hydrogen (secondary N) is 1. The standard InChI is InChI=1S/C14H12F2N4OS/c1-2-12-19-20-13(21)6-11(18-14(20)22-12)7-17-10-4-8(15)3-9(16)5-10/h3-6,17H,2,7H2,1H3. The van der Waals surface area contributed by atoms with Crippen molar-refractivity contribution in [2.45, 2.75) is 19.9 Å². The van der Waals surface area contributed by atoms with Crippen LogP contribution in [0.4, 0.5) is 14.5 Å². The summed E-state index contributed by atoms with van der Waals surface area (Å²) in [6.45, 7) is 2.14. The van der Waals surface area contributed by atoms with Crippen molar-refractivity contribution in [2.24, 2.45) is 0 Å². The normalized spacial score (nSPS) is 11.0. The fraction of sp³-hybridized carbons (Fsp3) is 0.214. The molecule has 114 valence electrons. The van der Waals surface area contributed by atoms with Crippen molar-refractivity contribution in [2.75, 3.05) is 5.32 Å². The second kappa shape index (κ2) is 5.80. The Labute approximate surface area is 128 Å². The first-order chi connectivity index (χ1) is 10.5. The van der Waals surface area contributed by atoms with Crippen LogP contribution in [0.15, 0.2) is 29.1 Å². The van der Waals surface area contributed by atoms with Crippen LogP contribution in [0.3, 0.4) is 0 Å². The Bertz CT molecular complexity index is 870. The lowest BCUT2D eigenvalue weighted by Crippen LogP contribution is -2.16. The maximum Gasteiger partial charge on any atom is 0.275 e. The second-order valence-electron chi connectivity index (χ2n) is 4.64. The van der Waals surface area contributed by atoms with E-state index in [1.54, 1.807) is 0 Å². The lowest BCUT2D eigenvalue weighted by molar-refractivity contribution is 0.584. The Balaban J connectivity index is 1.86. The minimum absolute atomic E-state index is 0.188. The lowest BCUT2D eigenvalue weighted by Gasteiger charge is -2.06. The molecule has 8 heteroatoms. The van der Waals surface area contributed by atoms with E-state index < -0.39 is 11.6 Å². The number of benzene rings is 1. The highest BCUT2D eigenvalue weighted by Crippen LogP contribution is 2.15. The molecule has 0 bridgehead atoms. The molecule has 1 N–H and O–H groups in total. The number of aryl methyl sites for hydroxylation is 1. The molecule has 22 heavy (non-hydrogen) atoms. The average Bonchev–Trinajstić information content (AvgIpc) is 2.88. The monoisotopic (exact) mass is 322 g/mol. The summed E-state index contributed by atoms with van der Waals surface area (Å²) < 4.78 is 27.5. The van der Waals surface area contributed by atoms with Gasteiger partial charge in [0.25, 0.3) is 5.56 Å². The molecule has 0 atom stereocenters. The molecule has 0 aliphatic heterocycles. The lowest BCUT2D eigenvalue weighted by atomic mass is 10.3. The summed E-state index contributed by atoms with van der Waals surface area (Å²) in [6.07, 6.45) is 0.726. The van der Waals surface area contributed by atoms with Crippen LogP contribution >= 0.6 is 11.3 Å². The van der Waals surface area contributed by atoms with Crippen LogP contribution in [0.2, 0.25) is 0 Å². The van der Waals surface area contributed by atoms with Gasteiger partial charge in [0.05, 0.1) is 12.2 Å². The fourth-order valence-corrected chi connectivity index (χ4v) is 2.84. The van der Waals surface area contributed by atoms with E-state index in [0.29, 0.717) is 10.7 Å². The Morgan fingerprint density at radius 3 is 2.64 bits per heavy atom. The summed E-state index contributed by atoms with van der Waals surface area (Å²) in [7, 11) is 0. The molecule has 0 unspecified atom stereocenters. The van der Waals surface area contributed by atoms with Gasteiger partial charge in [-0.3, -0.25) is 4.79 Å². The molecule has 2 heterocycles. The van der Waals surface area contributed by atoms with Gasteiger partial charge in [0, 0.05) is 17.8 Å². The van der Waals surface area contributed by atoms with Crippen molar-refractivity contribution in [3.05, 3.63) is 57.0 Å². The van der Waals surface area contributed by atoms with Gasteiger partial charge in [0.1, 0.15) is 16.6 Å². The third-order valence-electron chi connectivity index (χ3n) is 2.98. The van der Waals surface area contributed by atoms with Crippen molar-refractivity contribution in [3.63, 3.8) is 0 Å². The third kappa shape index (κ3) is 2.96. The van der Waals surface area contributed by atoms with E-state index >= 15 is 0 Å². The molecule has 0 fully saturated rings. The maximum absolute atomic E-state index is 13.1. The van der Waals surface area contributed by atoms with Gasteiger partial charge in [-0.05, 0) is 18.6 Å². The second-order valence-corrected chi connectivity index (χ2v) is 5.68. The minimum Gasteiger partial charge on any atom is -0.379 e. The first-order valence-corrected chi connectivity index (χ1v) is 7.45. The Kier molecular flexibility index (Phi) is 3.84. The highest BCUT2D eigenvalue weighted by molar-refractivity contribution is 7.16. The molecule has 0 radical (unpaired) electrons. The van der Waals surface area contributed by atoms with Gasteiger partial charge in [0.15, 0.2) is 0 Å². The molecule has 3 aromatic rings. The van der Waals surface area contributed by atoms with Gasteiger partial charge >= 0.3 is 0 Å². The van der Waals surface area contributed by atoms with Gasteiger partial charge in [-0.25, -0.2) is 13.8 Å². The molecule has 0 saturated carbocycles. The summed E-state index contributed by atoms with van der Waals surface area (Å²) in [5.41, 5.74) is 0.502. The Morgan fingerprint density at radius 1 is 1.23 bits per heavy atom. The van der Waals surface area contributed by atoms with E-state index in [2.05, 4.69) is 15.4 Å². The van der Waals surface area contributed by atoms with Crippen LogP contribution in [0.25, 0.3) is 4.96 Å². The number of rotatable bonds is 4. The van der Waals surface area contributed by atoms with Gasteiger partial charge in [-0.1, -0.05) is 18.3 Å². The molecule has 3 rings (SSSR count). The molecule has 0 aliphatic carbocycles. The third-order valence-corrected chi connectivity index (χ3v) is 4.03. The van der Waals surface area contributed by atoms with E-state index in [0.717, 1.165) is 17.5 Å². The molecule has 2 aromatic heterocycles.